The first-order chi connectivity index (χ1) is 6.06. The first-order valence-electron chi connectivity index (χ1n) is 3.49. The van der Waals surface area contributed by atoms with Gasteiger partial charge in [-0.25, -0.2) is 0 Å². The molecule has 0 atom stereocenters. The minimum atomic E-state index is -0.727. The molecule has 0 aliphatic heterocycles. The second-order valence-corrected chi connectivity index (χ2v) is 2.60. The number of nitrogens with zero attached hydrogens (tertiary/aromatic N) is 1. The number of hydrogen-bond acceptors (Lipinski definition) is 4. The molecule has 0 aromatic heterocycles. The fraction of sp³-hybridized carbons (Fsp3) is 0.125. The van der Waals surface area contributed by atoms with Crippen molar-refractivity contribution in [3.63, 3.8) is 0 Å². The van der Waals surface area contributed by atoms with Crippen LogP contribution in [0, 0.1) is 17.0 Å². The number of aldehydes is 1. The molecule has 0 saturated heterocycles. The standard InChI is InChI=1S/C8H7NO4/c1-5-2-6(4-10)8(11)7(3-5)9(12)13/h2-4,11H,1H3. The number of rotatable bonds is 2. The number of phenols is 1. The molecule has 0 fully saturated rings. The molecule has 0 amide bonds. The molecule has 0 unspecified atom stereocenters. The average molecular weight is 181 g/mol. The minimum absolute atomic E-state index is 0.0632. The lowest BCUT2D eigenvalue weighted by Gasteiger charge is -2.00. The fourth-order valence-corrected chi connectivity index (χ4v) is 1.02. The predicted molar refractivity (Wildman–Crippen MR) is 44.9 cm³/mol. The van der Waals surface area contributed by atoms with Crippen molar-refractivity contribution in [1.82, 2.24) is 0 Å². The van der Waals surface area contributed by atoms with Crippen LogP contribution in [0.4, 0.5) is 5.69 Å². The Morgan fingerprint density at radius 3 is 2.62 bits per heavy atom. The van der Waals surface area contributed by atoms with Crippen LogP contribution in [0.25, 0.3) is 0 Å². The highest BCUT2D eigenvalue weighted by Gasteiger charge is 2.17. The maximum absolute atomic E-state index is 10.4. The van der Waals surface area contributed by atoms with Crippen molar-refractivity contribution >= 4 is 12.0 Å². The van der Waals surface area contributed by atoms with Gasteiger partial charge in [-0.2, -0.15) is 0 Å². The molecule has 0 radical (unpaired) electrons. The van der Waals surface area contributed by atoms with Gasteiger partial charge in [0.05, 0.1) is 10.5 Å². The molecule has 1 aromatic carbocycles. The molecule has 0 bridgehead atoms. The summed E-state index contributed by atoms with van der Waals surface area (Å²) in [5, 5.41) is 19.6. The van der Waals surface area contributed by atoms with Crippen molar-refractivity contribution in [2.45, 2.75) is 6.92 Å². The molecule has 1 rings (SSSR count). The minimum Gasteiger partial charge on any atom is -0.502 e. The molecule has 13 heavy (non-hydrogen) atoms. The van der Waals surface area contributed by atoms with Gasteiger partial charge >= 0.3 is 5.69 Å². The quantitative estimate of drug-likeness (QED) is 0.425. The van der Waals surface area contributed by atoms with Gasteiger partial charge in [-0.05, 0) is 18.6 Å². The molecule has 0 aliphatic carbocycles. The van der Waals surface area contributed by atoms with Crippen molar-refractivity contribution in [2.75, 3.05) is 0 Å². The van der Waals surface area contributed by atoms with Crippen LogP contribution in [0.3, 0.4) is 0 Å². The summed E-state index contributed by atoms with van der Waals surface area (Å²) in [6, 6.07) is 2.59. The number of phenolic OH excluding ortho intramolecular Hbond substituents is 1. The van der Waals surface area contributed by atoms with Crippen LogP contribution in [0.15, 0.2) is 12.1 Å². The number of benzene rings is 1. The van der Waals surface area contributed by atoms with Gasteiger partial charge < -0.3 is 5.11 Å². The zero-order chi connectivity index (χ0) is 10.0. The molecular weight excluding hydrogens is 174 g/mol. The molecule has 5 heteroatoms. The first-order valence-corrected chi connectivity index (χ1v) is 3.49. The zero-order valence-corrected chi connectivity index (χ0v) is 6.85. The maximum Gasteiger partial charge on any atom is 0.311 e. The van der Waals surface area contributed by atoms with Gasteiger partial charge in [-0.3, -0.25) is 14.9 Å². The largest absolute Gasteiger partial charge is 0.502 e. The van der Waals surface area contributed by atoms with Gasteiger partial charge in [-0.1, -0.05) is 0 Å². The van der Waals surface area contributed by atoms with Gasteiger partial charge in [0.2, 0.25) is 5.75 Å². The third-order valence-corrected chi connectivity index (χ3v) is 1.59. The average Bonchev–Trinajstić information content (AvgIpc) is 2.08. The highest BCUT2D eigenvalue weighted by atomic mass is 16.6. The normalized spacial score (nSPS) is 9.62. The van der Waals surface area contributed by atoms with Crippen LogP contribution in [0.2, 0.25) is 0 Å². The van der Waals surface area contributed by atoms with Crippen LogP contribution >= 0.6 is 0 Å². The van der Waals surface area contributed by atoms with E-state index in [-0.39, 0.29) is 5.56 Å². The highest BCUT2D eigenvalue weighted by Crippen LogP contribution is 2.29. The molecular formula is C8H7NO4. The molecule has 1 aromatic rings. The SMILES string of the molecule is Cc1cc(C=O)c(O)c([N+](=O)[O-])c1. The molecule has 0 saturated carbocycles. The fourth-order valence-electron chi connectivity index (χ4n) is 1.02. The van der Waals surface area contributed by atoms with Gasteiger partial charge in [0.15, 0.2) is 6.29 Å². The summed E-state index contributed by atoms with van der Waals surface area (Å²) in [6.45, 7) is 1.61. The number of nitro benzene ring substituents is 1. The highest BCUT2D eigenvalue weighted by molar-refractivity contribution is 5.82. The number of carbonyl (C=O) groups excluding carboxylic acids is 1. The monoisotopic (exact) mass is 181 g/mol. The summed E-state index contributed by atoms with van der Waals surface area (Å²) < 4.78 is 0. The van der Waals surface area contributed by atoms with E-state index in [0.717, 1.165) is 0 Å². The second-order valence-electron chi connectivity index (χ2n) is 2.60. The third kappa shape index (κ3) is 1.64. The van der Waals surface area contributed by atoms with Crippen LogP contribution < -0.4 is 0 Å². The Kier molecular flexibility index (Phi) is 2.27. The Hall–Kier alpha value is -1.91. The second kappa shape index (κ2) is 3.22. The zero-order valence-electron chi connectivity index (χ0n) is 6.85. The van der Waals surface area contributed by atoms with Crippen molar-refractivity contribution in [1.29, 1.82) is 0 Å². The van der Waals surface area contributed by atoms with Gasteiger partial charge in [-0.15, -0.1) is 0 Å². The summed E-state index contributed by atoms with van der Waals surface area (Å²) >= 11 is 0. The molecule has 5 nitrogen and oxygen atoms in total. The lowest BCUT2D eigenvalue weighted by atomic mass is 10.1. The van der Waals surface area contributed by atoms with E-state index in [1.165, 1.54) is 12.1 Å². The van der Waals surface area contributed by atoms with Crippen LogP contribution in [-0.4, -0.2) is 16.3 Å². The summed E-state index contributed by atoms with van der Waals surface area (Å²) in [6.07, 6.45) is 0.384. The predicted octanol–water partition coefficient (Wildman–Crippen LogP) is 1.42. The van der Waals surface area contributed by atoms with Crippen molar-refractivity contribution in [3.05, 3.63) is 33.4 Å². The lowest BCUT2D eigenvalue weighted by Crippen LogP contribution is -1.93. The summed E-state index contributed by atoms with van der Waals surface area (Å²) in [5.74, 6) is -0.578. The van der Waals surface area contributed by atoms with Crippen LogP contribution in [-0.2, 0) is 0 Å². The van der Waals surface area contributed by atoms with Gasteiger partial charge in [0.25, 0.3) is 0 Å². The Labute approximate surface area is 73.8 Å². The topological polar surface area (TPSA) is 80.4 Å². The molecule has 0 spiro atoms. The van der Waals surface area contributed by atoms with E-state index in [2.05, 4.69) is 0 Å². The van der Waals surface area contributed by atoms with E-state index in [1.807, 2.05) is 0 Å². The molecule has 0 heterocycles. The van der Waals surface area contributed by atoms with Crippen molar-refractivity contribution < 1.29 is 14.8 Å². The van der Waals surface area contributed by atoms with Gasteiger partial charge in [0, 0.05) is 6.07 Å². The molecule has 1 N–H and O–H groups in total. The van der Waals surface area contributed by atoms with E-state index in [0.29, 0.717) is 11.8 Å². The Morgan fingerprint density at radius 2 is 2.15 bits per heavy atom. The van der Waals surface area contributed by atoms with Crippen LogP contribution in [0.5, 0.6) is 5.75 Å². The molecule has 0 aliphatic rings. The van der Waals surface area contributed by atoms with E-state index in [9.17, 15) is 20.0 Å². The van der Waals surface area contributed by atoms with Crippen LogP contribution in [0.1, 0.15) is 15.9 Å². The number of nitro groups is 1. The smallest absolute Gasteiger partial charge is 0.311 e. The van der Waals surface area contributed by atoms with Crippen molar-refractivity contribution in [2.24, 2.45) is 0 Å². The van der Waals surface area contributed by atoms with Gasteiger partial charge in [0.1, 0.15) is 0 Å². The lowest BCUT2D eigenvalue weighted by molar-refractivity contribution is -0.385. The van der Waals surface area contributed by atoms with E-state index in [4.69, 9.17) is 0 Å². The number of carbonyl (C=O) groups is 1. The molecule has 68 valence electrons. The third-order valence-electron chi connectivity index (χ3n) is 1.59. The Morgan fingerprint density at radius 1 is 1.54 bits per heavy atom. The summed E-state index contributed by atoms with van der Waals surface area (Å²) in [5.41, 5.74) is 0.0559. The van der Waals surface area contributed by atoms with Crippen molar-refractivity contribution in [3.8, 4) is 5.75 Å². The maximum atomic E-state index is 10.4. The number of hydrogen-bond donors (Lipinski definition) is 1. The number of aryl methyl sites for hydroxylation is 1. The Bertz CT molecular complexity index is 373. The van der Waals surface area contributed by atoms with E-state index in [1.54, 1.807) is 6.92 Å². The number of aromatic hydroxyl groups is 1. The first kappa shape index (κ1) is 9.18. The van der Waals surface area contributed by atoms with E-state index >= 15 is 0 Å². The van der Waals surface area contributed by atoms with E-state index < -0.39 is 16.4 Å². The summed E-state index contributed by atoms with van der Waals surface area (Å²) in [7, 11) is 0. The Balaban J connectivity index is 3.44. The summed E-state index contributed by atoms with van der Waals surface area (Å²) in [4.78, 5) is 20.0.